The first-order chi connectivity index (χ1) is 6.95. The highest BCUT2D eigenvalue weighted by molar-refractivity contribution is 14.1. The van der Waals surface area contributed by atoms with Crippen molar-refractivity contribution < 1.29 is 0 Å². The van der Waals surface area contributed by atoms with E-state index in [2.05, 4.69) is 67.0 Å². The maximum atomic E-state index is 3.64. The number of nitrogens with one attached hydrogen (secondary N) is 1. The maximum Gasteiger partial charge on any atom is 0.0656 e. The second-order valence-electron chi connectivity index (χ2n) is 4.94. The Morgan fingerprint density at radius 2 is 2.13 bits per heavy atom. The molecule has 0 saturated carbocycles. The zero-order valence-electron chi connectivity index (χ0n) is 9.93. The largest absolute Gasteiger partial charge is 0.309 e. The van der Waals surface area contributed by atoms with Crippen molar-refractivity contribution in [3.8, 4) is 0 Å². The summed E-state index contributed by atoms with van der Waals surface area (Å²) in [6, 6.07) is 2.77. The van der Waals surface area contributed by atoms with Crippen LogP contribution in [-0.4, -0.2) is 6.54 Å². The van der Waals surface area contributed by atoms with E-state index in [0.717, 1.165) is 6.54 Å². The Kier molecular flexibility index (Phi) is 5.06. The van der Waals surface area contributed by atoms with Gasteiger partial charge < -0.3 is 5.32 Å². The zero-order valence-corrected chi connectivity index (χ0v) is 12.9. The zero-order chi connectivity index (χ0) is 11.5. The molecule has 86 valence electrons. The van der Waals surface area contributed by atoms with Crippen molar-refractivity contribution in [3.05, 3.63) is 19.9 Å². The molecule has 15 heavy (non-hydrogen) atoms. The first-order valence-corrected chi connectivity index (χ1v) is 7.38. The topological polar surface area (TPSA) is 12.0 Å². The molecule has 0 fully saturated rings. The molecule has 1 nitrogen and oxygen atoms in total. The van der Waals surface area contributed by atoms with Crippen molar-refractivity contribution in [2.75, 3.05) is 6.54 Å². The van der Waals surface area contributed by atoms with Crippen LogP contribution in [-0.2, 0) is 0 Å². The van der Waals surface area contributed by atoms with Gasteiger partial charge in [0.25, 0.3) is 0 Å². The van der Waals surface area contributed by atoms with Crippen LogP contribution in [0.2, 0.25) is 0 Å². The van der Waals surface area contributed by atoms with Crippen molar-refractivity contribution in [1.82, 2.24) is 5.32 Å². The van der Waals surface area contributed by atoms with E-state index >= 15 is 0 Å². The Hall–Kier alpha value is 0.390. The van der Waals surface area contributed by atoms with E-state index in [-0.39, 0.29) is 5.41 Å². The first-order valence-electron chi connectivity index (χ1n) is 5.42. The standard InChI is InChI=1S/C12H20INS/c1-5-6-14-11(12(2,3)4)9-7-10(13)15-8-9/h7-8,11,14H,5-6H2,1-4H3. The molecule has 0 aliphatic heterocycles. The van der Waals surface area contributed by atoms with Crippen LogP contribution in [0.5, 0.6) is 0 Å². The highest BCUT2D eigenvalue weighted by Crippen LogP contribution is 2.35. The predicted octanol–water partition coefficient (Wildman–Crippen LogP) is 4.44. The predicted molar refractivity (Wildman–Crippen MR) is 77.5 cm³/mol. The third kappa shape index (κ3) is 4.04. The van der Waals surface area contributed by atoms with Crippen molar-refractivity contribution in [1.29, 1.82) is 0 Å². The fourth-order valence-corrected chi connectivity index (χ4v) is 3.09. The Balaban J connectivity index is 2.81. The third-order valence-corrected chi connectivity index (χ3v) is 4.19. The smallest absolute Gasteiger partial charge is 0.0656 e. The van der Waals surface area contributed by atoms with Gasteiger partial charge >= 0.3 is 0 Å². The van der Waals surface area contributed by atoms with Gasteiger partial charge in [-0.05, 0) is 58.0 Å². The molecular formula is C12H20INS. The summed E-state index contributed by atoms with van der Waals surface area (Å²) in [6.45, 7) is 10.2. The summed E-state index contributed by atoms with van der Waals surface area (Å²) in [5, 5.41) is 5.92. The molecule has 0 bridgehead atoms. The lowest BCUT2D eigenvalue weighted by atomic mass is 9.83. The lowest BCUT2D eigenvalue weighted by Crippen LogP contribution is -2.32. The molecule has 0 amide bonds. The van der Waals surface area contributed by atoms with Crippen LogP contribution < -0.4 is 5.32 Å². The number of hydrogen-bond donors (Lipinski definition) is 1. The van der Waals surface area contributed by atoms with Crippen molar-refractivity contribution in [2.45, 2.75) is 40.2 Å². The normalized spacial score (nSPS) is 14.2. The molecule has 1 atom stereocenters. The summed E-state index contributed by atoms with van der Waals surface area (Å²) in [4.78, 5) is 0. The number of thiophene rings is 1. The Morgan fingerprint density at radius 3 is 2.53 bits per heavy atom. The molecule has 1 N–H and O–H groups in total. The van der Waals surface area contributed by atoms with Crippen LogP contribution in [0.4, 0.5) is 0 Å². The Morgan fingerprint density at radius 1 is 1.47 bits per heavy atom. The molecule has 0 aromatic carbocycles. The minimum Gasteiger partial charge on any atom is -0.309 e. The van der Waals surface area contributed by atoms with Gasteiger partial charge in [0.2, 0.25) is 0 Å². The summed E-state index contributed by atoms with van der Waals surface area (Å²) >= 11 is 4.22. The van der Waals surface area contributed by atoms with Crippen LogP contribution in [0.15, 0.2) is 11.4 Å². The molecule has 1 aromatic heterocycles. The highest BCUT2D eigenvalue weighted by atomic mass is 127. The van der Waals surface area contributed by atoms with Gasteiger partial charge in [-0.15, -0.1) is 11.3 Å². The SMILES string of the molecule is CCCNC(c1csc(I)c1)C(C)(C)C. The lowest BCUT2D eigenvalue weighted by molar-refractivity contribution is 0.274. The van der Waals surface area contributed by atoms with Gasteiger partial charge in [0, 0.05) is 6.04 Å². The number of rotatable bonds is 4. The molecule has 1 aromatic rings. The van der Waals surface area contributed by atoms with E-state index in [4.69, 9.17) is 0 Å². The van der Waals surface area contributed by atoms with E-state index in [1.165, 1.54) is 14.9 Å². The average molecular weight is 337 g/mol. The maximum absolute atomic E-state index is 3.64. The average Bonchev–Trinajstić information content (AvgIpc) is 2.50. The summed E-state index contributed by atoms with van der Waals surface area (Å²) in [5.41, 5.74) is 1.71. The fraction of sp³-hybridized carbons (Fsp3) is 0.667. The summed E-state index contributed by atoms with van der Waals surface area (Å²) in [6.07, 6.45) is 1.19. The number of halogens is 1. The van der Waals surface area contributed by atoms with E-state index in [9.17, 15) is 0 Å². The van der Waals surface area contributed by atoms with E-state index in [1.807, 2.05) is 11.3 Å². The third-order valence-electron chi connectivity index (χ3n) is 2.39. The molecule has 0 saturated heterocycles. The quantitative estimate of drug-likeness (QED) is 0.801. The van der Waals surface area contributed by atoms with Crippen LogP contribution in [0.25, 0.3) is 0 Å². The molecule has 1 unspecified atom stereocenters. The summed E-state index contributed by atoms with van der Waals surface area (Å²) in [5.74, 6) is 0. The van der Waals surface area contributed by atoms with Crippen LogP contribution in [0, 0.1) is 8.30 Å². The van der Waals surface area contributed by atoms with E-state index in [1.54, 1.807) is 0 Å². The molecular weight excluding hydrogens is 317 g/mol. The molecule has 1 heterocycles. The fourth-order valence-electron chi connectivity index (χ4n) is 1.69. The highest BCUT2D eigenvalue weighted by Gasteiger charge is 2.26. The Labute approximate surface area is 111 Å². The van der Waals surface area contributed by atoms with Crippen LogP contribution in [0.1, 0.15) is 45.7 Å². The van der Waals surface area contributed by atoms with Gasteiger partial charge in [0.1, 0.15) is 0 Å². The first kappa shape index (κ1) is 13.5. The van der Waals surface area contributed by atoms with Crippen molar-refractivity contribution >= 4 is 33.9 Å². The molecule has 0 radical (unpaired) electrons. The van der Waals surface area contributed by atoms with Gasteiger partial charge in [-0.2, -0.15) is 0 Å². The monoisotopic (exact) mass is 337 g/mol. The molecule has 0 spiro atoms. The van der Waals surface area contributed by atoms with Crippen LogP contribution >= 0.6 is 33.9 Å². The lowest BCUT2D eigenvalue weighted by Gasteiger charge is -2.31. The second-order valence-corrected chi connectivity index (χ2v) is 7.74. The van der Waals surface area contributed by atoms with E-state index < -0.39 is 0 Å². The second kappa shape index (κ2) is 5.64. The van der Waals surface area contributed by atoms with Gasteiger partial charge in [0.05, 0.1) is 2.88 Å². The minimum atomic E-state index is 0.277. The van der Waals surface area contributed by atoms with Crippen molar-refractivity contribution in [3.63, 3.8) is 0 Å². The van der Waals surface area contributed by atoms with Gasteiger partial charge in [0.15, 0.2) is 0 Å². The van der Waals surface area contributed by atoms with Gasteiger partial charge in [-0.25, -0.2) is 0 Å². The molecule has 1 rings (SSSR count). The minimum absolute atomic E-state index is 0.277. The summed E-state index contributed by atoms with van der Waals surface area (Å²) in [7, 11) is 0. The molecule has 3 heteroatoms. The van der Waals surface area contributed by atoms with Gasteiger partial charge in [-0.1, -0.05) is 27.7 Å². The number of hydrogen-bond acceptors (Lipinski definition) is 2. The molecule has 0 aliphatic carbocycles. The van der Waals surface area contributed by atoms with E-state index in [0.29, 0.717) is 6.04 Å². The Bertz CT molecular complexity index is 301. The van der Waals surface area contributed by atoms with Gasteiger partial charge in [-0.3, -0.25) is 0 Å². The van der Waals surface area contributed by atoms with Crippen LogP contribution in [0.3, 0.4) is 0 Å². The van der Waals surface area contributed by atoms with Crippen molar-refractivity contribution in [2.24, 2.45) is 5.41 Å². The molecule has 0 aliphatic rings. The summed E-state index contributed by atoms with van der Waals surface area (Å²) < 4.78 is 1.37.